The first kappa shape index (κ1) is 15.9. The number of rotatable bonds is 4. The quantitative estimate of drug-likeness (QED) is 0.768. The van der Waals surface area contributed by atoms with Gasteiger partial charge in [0.25, 0.3) is 5.91 Å². The van der Waals surface area contributed by atoms with Gasteiger partial charge in [0.2, 0.25) is 0 Å². The first-order valence-corrected chi connectivity index (χ1v) is 6.97. The Bertz CT molecular complexity index is 857. The normalized spacial score (nSPS) is 11.5. The second-order valence-corrected chi connectivity index (χ2v) is 5.01. The fourth-order valence-corrected chi connectivity index (χ4v) is 2.24. The van der Waals surface area contributed by atoms with Crippen LogP contribution < -0.4 is 10.1 Å². The van der Waals surface area contributed by atoms with Crippen LogP contribution in [0.2, 0.25) is 0 Å². The predicted octanol–water partition coefficient (Wildman–Crippen LogP) is 3.39. The number of aromatic amines is 1. The predicted molar refractivity (Wildman–Crippen MR) is 80.4 cm³/mol. The molecule has 0 aliphatic heterocycles. The van der Waals surface area contributed by atoms with Gasteiger partial charge >= 0.3 is 6.36 Å². The number of aromatic nitrogens is 2. The number of carbonyl (C=O) groups excluding carboxylic acids is 1. The molecule has 5 nitrogen and oxygen atoms in total. The summed E-state index contributed by atoms with van der Waals surface area (Å²) in [5.74, 6) is -0.611. The van der Waals surface area contributed by atoms with Crippen molar-refractivity contribution in [3.05, 3.63) is 59.8 Å². The van der Waals surface area contributed by atoms with Gasteiger partial charge in [-0.1, -0.05) is 24.3 Å². The van der Waals surface area contributed by atoms with Crippen LogP contribution in [0.1, 0.15) is 15.9 Å². The fourth-order valence-electron chi connectivity index (χ4n) is 2.24. The number of alkyl halides is 3. The zero-order valence-corrected chi connectivity index (χ0v) is 12.2. The molecule has 3 rings (SSSR count). The Hall–Kier alpha value is -3.03. The molecular formula is C16H12F3N3O2. The van der Waals surface area contributed by atoms with Crippen molar-refractivity contribution in [1.29, 1.82) is 0 Å². The Morgan fingerprint density at radius 3 is 2.62 bits per heavy atom. The highest BCUT2D eigenvalue weighted by Gasteiger charge is 2.30. The molecule has 3 aromatic rings. The number of hydrogen-bond acceptors (Lipinski definition) is 3. The van der Waals surface area contributed by atoms with E-state index in [1.807, 2.05) is 6.07 Å². The van der Waals surface area contributed by atoms with Gasteiger partial charge in [-0.05, 0) is 23.8 Å². The Morgan fingerprint density at radius 2 is 1.92 bits per heavy atom. The van der Waals surface area contributed by atoms with Gasteiger partial charge in [0.15, 0.2) is 0 Å². The van der Waals surface area contributed by atoms with Crippen molar-refractivity contribution in [2.24, 2.45) is 0 Å². The van der Waals surface area contributed by atoms with E-state index in [0.717, 1.165) is 5.39 Å². The van der Waals surface area contributed by atoms with E-state index in [-0.39, 0.29) is 18.2 Å². The van der Waals surface area contributed by atoms with Gasteiger partial charge in [-0.15, -0.1) is 13.2 Å². The third-order valence-electron chi connectivity index (χ3n) is 3.33. The first-order chi connectivity index (χ1) is 11.4. The van der Waals surface area contributed by atoms with Crippen molar-refractivity contribution >= 4 is 16.8 Å². The van der Waals surface area contributed by atoms with Crippen LogP contribution in [0, 0.1) is 0 Å². The molecule has 2 aromatic carbocycles. The molecule has 1 aromatic heterocycles. The van der Waals surface area contributed by atoms with Crippen LogP contribution in [-0.4, -0.2) is 22.5 Å². The van der Waals surface area contributed by atoms with Crippen LogP contribution >= 0.6 is 0 Å². The Morgan fingerprint density at radius 1 is 1.17 bits per heavy atom. The molecule has 0 aliphatic rings. The summed E-state index contributed by atoms with van der Waals surface area (Å²) in [4.78, 5) is 12.3. The summed E-state index contributed by atoms with van der Waals surface area (Å²) < 4.78 is 40.1. The topological polar surface area (TPSA) is 67.0 Å². The van der Waals surface area contributed by atoms with E-state index in [0.29, 0.717) is 16.6 Å². The van der Waals surface area contributed by atoms with Gasteiger partial charge in [-0.3, -0.25) is 9.89 Å². The maximum absolute atomic E-state index is 12.3. The molecule has 0 aliphatic carbocycles. The average molecular weight is 335 g/mol. The number of amides is 1. The highest BCUT2D eigenvalue weighted by atomic mass is 19.4. The number of halogens is 3. The number of hydrogen-bond donors (Lipinski definition) is 2. The molecule has 124 valence electrons. The summed E-state index contributed by atoms with van der Waals surface area (Å²) in [7, 11) is 0. The highest BCUT2D eigenvalue weighted by Crippen LogP contribution is 2.22. The third-order valence-corrected chi connectivity index (χ3v) is 3.33. The Labute approximate surface area is 134 Å². The molecule has 0 atom stereocenters. The van der Waals surface area contributed by atoms with E-state index < -0.39 is 6.36 Å². The SMILES string of the molecule is O=C(NCc1ccc(OC(F)(F)F)cc1)c1cccc2cn[nH]c12. The molecule has 8 heteroatoms. The molecule has 0 unspecified atom stereocenters. The zero-order chi connectivity index (χ0) is 17.2. The largest absolute Gasteiger partial charge is 0.573 e. The molecule has 1 amide bonds. The molecule has 0 spiro atoms. The minimum Gasteiger partial charge on any atom is -0.406 e. The van der Waals surface area contributed by atoms with E-state index >= 15 is 0 Å². The van der Waals surface area contributed by atoms with Crippen molar-refractivity contribution in [3.63, 3.8) is 0 Å². The van der Waals surface area contributed by atoms with Gasteiger partial charge in [0.1, 0.15) is 5.75 Å². The van der Waals surface area contributed by atoms with E-state index in [1.54, 1.807) is 18.3 Å². The summed E-state index contributed by atoms with van der Waals surface area (Å²) in [6, 6.07) is 10.5. The van der Waals surface area contributed by atoms with Gasteiger partial charge in [-0.25, -0.2) is 0 Å². The summed E-state index contributed by atoms with van der Waals surface area (Å²) in [5.41, 5.74) is 1.72. The van der Waals surface area contributed by atoms with Crippen molar-refractivity contribution < 1.29 is 22.7 Å². The lowest BCUT2D eigenvalue weighted by molar-refractivity contribution is -0.274. The molecular weight excluding hydrogens is 323 g/mol. The summed E-state index contributed by atoms with van der Waals surface area (Å²) in [6.07, 6.45) is -3.11. The van der Waals surface area contributed by atoms with Crippen LogP contribution in [0.15, 0.2) is 48.7 Å². The molecule has 0 fully saturated rings. The van der Waals surface area contributed by atoms with Crippen LogP contribution in [0.5, 0.6) is 5.75 Å². The molecule has 0 bridgehead atoms. The van der Waals surface area contributed by atoms with Crippen LogP contribution in [0.25, 0.3) is 10.9 Å². The molecule has 1 heterocycles. The number of benzene rings is 2. The number of para-hydroxylation sites is 1. The molecule has 0 saturated carbocycles. The van der Waals surface area contributed by atoms with Crippen LogP contribution in [0.3, 0.4) is 0 Å². The zero-order valence-electron chi connectivity index (χ0n) is 12.2. The van der Waals surface area contributed by atoms with Crippen molar-refractivity contribution in [2.45, 2.75) is 12.9 Å². The molecule has 0 saturated heterocycles. The van der Waals surface area contributed by atoms with E-state index in [1.165, 1.54) is 24.3 Å². The summed E-state index contributed by atoms with van der Waals surface area (Å²) in [6.45, 7) is 0.176. The number of H-pyrrole nitrogens is 1. The summed E-state index contributed by atoms with van der Waals surface area (Å²) in [5, 5.41) is 10.2. The van der Waals surface area contributed by atoms with Gasteiger partial charge in [-0.2, -0.15) is 5.10 Å². The number of nitrogens with zero attached hydrogens (tertiary/aromatic N) is 1. The monoisotopic (exact) mass is 335 g/mol. The number of fused-ring (bicyclic) bond motifs is 1. The van der Waals surface area contributed by atoms with Crippen molar-refractivity contribution in [3.8, 4) is 5.75 Å². The average Bonchev–Trinajstić information content (AvgIpc) is 3.01. The van der Waals surface area contributed by atoms with Crippen molar-refractivity contribution in [1.82, 2.24) is 15.5 Å². The minimum atomic E-state index is -4.72. The maximum Gasteiger partial charge on any atom is 0.573 e. The van der Waals surface area contributed by atoms with E-state index in [4.69, 9.17) is 0 Å². The lowest BCUT2D eigenvalue weighted by atomic mass is 10.1. The lowest BCUT2D eigenvalue weighted by Crippen LogP contribution is -2.23. The van der Waals surface area contributed by atoms with Crippen LogP contribution in [0.4, 0.5) is 13.2 Å². The lowest BCUT2D eigenvalue weighted by Gasteiger charge is -2.10. The van der Waals surface area contributed by atoms with Gasteiger partial charge in [0.05, 0.1) is 17.3 Å². The molecule has 2 N–H and O–H groups in total. The van der Waals surface area contributed by atoms with Crippen LogP contribution in [-0.2, 0) is 6.54 Å². The highest BCUT2D eigenvalue weighted by molar-refractivity contribution is 6.05. The smallest absolute Gasteiger partial charge is 0.406 e. The minimum absolute atomic E-state index is 0.176. The molecule has 24 heavy (non-hydrogen) atoms. The second-order valence-electron chi connectivity index (χ2n) is 5.01. The van der Waals surface area contributed by atoms with Gasteiger partial charge in [0, 0.05) is 11.9 Å². The standard InChI is InChI=1S/C16H12F3N3O2/c17-16(18,19)24-12-6-4-10(5-7-12)8-20-15(23)13-3-1-2-11-9-21-22-14(11)13/h1-7,9H,8H2,(H,20,23)(H,21,22). The molecule has 0 radical (unpaired) electrons. The summed E-state index contributed by atoms with van der Waals surface area (Å²) >= 11 is 0. The third kappa shape index (κ3) is 3.65. The number of ether oxygens (including phenoxy) is 1. The number of nitrogens with one attached hydrogen (secondary N) is 2. The van der Waals surface area contributed by atoms with E-state index in [2.05, 4.69) is 20.3 Å². The maximum atomic E-state index is 12.3. The first-order valence-electron chi connectivity index (χ1n) is 6.97. The van der Waals surface area contributed by atoms with Crippen molar-refractivity contribution in [2.75, 3.05) is 0 Å². The fraction of sp³-hybridized carbons (Fsp3) is 0.125. The second kappa shape index (κ2) is 6.23. The Balaban J connectivity index is 1.65. The Kier molecular flexibility index (Phi) is 4.11. The number of carbonyl (C=O) groups is 1. The van der Waals surface area contributed by atoms with E-state index in [9.17, 15) is 18.0 Å². The van der Waals surface area contributed by atoms with Gasteiger partial charge < -0.3 is 10.1 Å².